The highest BCUT2D eigenvalue weighted by Crippen LogP contribution is 2.46. The first-order valence-electron chi connectivity index (χ1n) is 11.0. The largest absolute Gasteiger partial charge is 0.336 e. The molecule has 5 heterocycles. The summed E-state index contributed by atoms with van der Waals surface area (Å²) in [7, 11) is 0. The summed E-state index contributed by atoms with van der Waals surface area (Å²) in [4.78, 5) is 22.2. The Labute approximate surface area is 174 Å². The second kappa shape index (κ2) is 6.67. The van der Waals surface area contributed by atoms with Crippen LogP contribution in [0.2, 0.25) is 5.02 Å². The Bertz CT molecular complexity index is 973. The maximum atomic E-state index is 14.9. The molecule has 6 rings (SSSR count). The van der Waals surface area contributed by atoms with Crippen molar-refractivity contribution in [1.29, 1.82) is 0 Å². The van der Waals surface area contributed by atoms with Crippen molar-refractivity contribution in [2.75, 3.05) is 19.6 Å². The number of piperidine rings is 3. The third kappa shape index (κ3) is 2.98. The van der Waals surface area contributed by atoms with Crippen LogP contribution in [0.4, 0.5) is 4.39 Å². The van der Waals surface area contributed by atoms with Crippen molar-refractivity contribution >= 4 is 23.2 Å². The van der Waals surface area contributed by atoms with Crippen LogP contribution in [0.25, 0.3) is 5.65 Å². The Kier molecular flexibility index (Phi) is 4.17. The molecule has 4 atom stereocenters. The minimum absolute atomic E-state index is 0.0800. The van der Waals surface area contributed by atoms with E-state index >= 15 is 0 Å². The van der Waals surface area contributed by atoms with Crippen molar-refractivity contribution in [3.8, 4) is 0 Å². The van der Waals surface area contributed by atoms with E-state index in [0.29, 0.717) is 35.1 Å². The van der Waals surface area contributed by atoms with E-state index in [1.54, 1.807) is 12.1 Å². The van der Waals surface area contributed by atoms with Gasteiger partial charge in [0, 0.05) is 37.9 Å². The van der Waals surface area contributed by atoms with Gasteiger partial charge in [0.25, 0.3) is 5.91 Å². The van der Waals surface area contributed by atoms with E-state index in [0.717, 1.165) is 25.0 Å². The smallest absolute Gasteiger partial charge is 0.277 e. The second-order valence-electron chi connectivity index (χ2n) is 9.50. The lowest BCUT2D eigenvalue weighted by molar-refractivity contribution is -0.0552. The molecule has 4 fully saturated rings. The van der Waals surface area contributed by atoms with Crippen LogP contribution < -0.4 is 0 Å². The summed E-state index contributed by atoms with van der Waals surface area (Å²) in [6.45, 7) is 2.53. The van der Waals surface area contributed by atoms with Gasteiger partial charge in [0.1, 0.15) is 5.65 Å². The van der Waals surface area contributed by atoms with E-state index in [1.165, 1.54) is 49.1 Å². The highest BCUT2D eigenvalue weighted by molar-refractivity contribution is 6.30. The van der Waals surface area contributed by atoms with Gasteiger partial charge >= 0.3 is 0 Å². The van der Waals surface area contributed by atoms with Gasteiger partial charge in [0.15, 0.2) is 5.69 Å². The molecular formula is C22H26ClFN4O. The first-order chi connectivity index (χ1) is 14.1. The molecule has 0 unspecified atom stereocenters. The molecule has 1 amide bonds. The molecule has 0 spiro atoms. The molecule has 0 radical (unpaired) electrons. The van der Waals surface area contributed by atoms with Gasteiger partial charge in [-0.25, -0.2) is 4.98 Å². The van der Waals surface area contributed by atoms with Gasteiger partial charge in [-0.3, -0.25) is 14.1 Å². The lowest BCUT2D eigenvalue weighted by Crippen LogP contribution is -2.62. The van der Waals surface area contributed by atoms with Crippen LogP contribution >= 0.6 is 11.6 Å². The van der Waals surface area contributed by atoms with Gasteiger partial charge in [-0.1, -0.05) is 18.0 Å². The normalized spacial score (nSPS) is 32.4. The number of halogens is 2. The summed E-state index contributed by atoms with van der Waals surface area (Å²) in [6, 6.07) is 4.66. The summed E-state index contributed by atoms with van der Waals surface area (Å²) in [5.41, 5.74) is 0.335. The average molecular weight is 417 g/mol. The monoisotopic (exact) mass is 416 g/mol. The predicted molar refractivity (Wildman–Crippen MR) is 109 cm³/mol. The molecule has 2 aromatic heterocycles. The van der Waals surface area contributed by atoms with Crippen molar-refractivity contribution in [1.82, 2.24) is 19.2 Å². The molecule has 1 aliphatic carbocycles. The van der Waals surface area contributed by atoms with E-state index < -0.39 is 5.95 Å². The number of likely N-dealkylation sites (tertiary alicyclic amines) is 1. The molecule has 3 saturated heterocycles. The number of nitrogens with zero attached hydrogens (tertiary/aromatic N) is 4. The van der Waals surface area contributed by atoms with Gasteiger partial charge in [0.05, 0.1) is 5.02 Å². The van der Waals surface area contributed by atoms with E-state index in [4.69, 9.17) is 11.6 Å². The van der Waals surface area contributed by atoms with E-state index in [-0.39, 0.29) is 11.6 Å². The van der Waals surface area contributed by atoms with E-state index in [2.05, 4.69) is 9.88 Å². The Morgan fingerprint density at radius 2 is 1.86 bits per heavy atom. The number of hydrogen-bond donors (Lipinski definition) is 0. The molecule has 4 aliphatic rings. The van der Waals surface area contributed by atoms with Gasteiger partial charge in [-0.05, 0) is 62.0 Å². The fraction of sp³-hybridized carbons (Fsp3) is 0.636. The number of carbonyl (C=O) groups is 1. The zero-order valence-electron chi connectivity index (χ0n) is 16.4. The fourth-order valence-corrected chi connectivity index (χ4v) is 6.44. The second-order valence-corrected chi connectivity index (χ2v) is 9.93. The van der Waals surface area contributed by atoms with Crippen molar-refractivity contribution in [2.24, 2.45) is 17.8 Å². The maximum absolute atomic E-state index is 14.9. The molecule has 2 bridgehead atoms. The summed E-state index contributed by atoms with van der Waals surface area (Å²) >= 11 is 5.98. The zero-order chi connectivity index (χ0) is 19.7. The van der Waals surface area contributed by atoms with Gasteiger partial charge in [-0.15, -0.1) is 0 Å². The summed E-state index contributed by atoms with van der Waals surface area (Å²) in [5, 5.41) is 0.419. The topological polar surface area (TPSA) is 40.9 Å². The minimum Gasteiger partial charge on any atom is -0.336 e. The average Bonchev–Trinajstić information content (AvgIpc) is 3.51. The SMILES string of the molecule is O=C(c1nc2ccc(Cl)cn2c1F)N1C[C@@H]2C[C@H](C1)[C@@H]1CCC[C@H](C3CC3)N1C2. The standard InChI is InChI=1S/C22H26ClFN4O/c23-16-6-7-19-25-20(21(24)28(19)12-16)22(29)26-9-13-8-15(11-26)18-3-1-2-17(14-4-5-14)27(18)10-13/h6-7,12-15,17-18H,1-5,8-11H2/t13-,15+,17+,18-/m0/s1. The highest BCUT2D eigenvalue weighted by Gasteiger charge is 2.48. The first-order valence-corrected chi connectivity index (χ1v) is 11.3. The highest BCUT2D eigenvalue weighted by atomic mass is 35.5. The molecule has 0 aromatic carbocycles. The summed E-state index contributed by atoms with van der Waals surface area (Å²) in [5.74, 6) is 1.01. The molecular weight excluding hydrogens is 391 g/mol. The molecule has 5 nitrogen and oxygen atoms in total. The van der Waals surface area contributed by atoms with Crippen molar-refractivity contribution < 1.29 is 9.18 Å². The summed E-state index contributed by atoms with van der Waals surface area (Å²) in [6.07, 6.45) is 9.35. The minimum atomic E-state index is -0.615. The quantitative estimate of drug-likeness (QED) is 0.746. The first kappa shape index (κ1) is 18.1. The van der Waals surface area contributed by atoms with Crippen LogP contribution in [0.15, 0.2) is 18.3 Å². The number of imidazole rings is 1. The van der Waals surface area contributed by atoms with Crippen LogP contribution in [0, 0.1) is 23.7 Å². The van der Waals surface area contributed by atoms with Crippen LogP contribution in [0.3, 0.4) is 0 Å². The zero-order valence-corrected chi connectivity index (χ0v) is 17.2. The van der Waals surface area contributed by atoms with Gasteiger partial charge < -0.3 is 4.90 Å². The maximum Gasteiger partial charge on any atom is 0.277 e. The van der Waals surface area contributed by atoms with Crippen LogP contribution in [0.1, 0.15) is 49.0 Å². The summed E-state index contributed by atoms with van der Waals surface area (Å²) < 4.78 is 16.2. The molecule has 0 N–H and O–H groups in total. The lowest BCUT2D eigenvalue weighted by atomic mass is 9.74. The molecule has 2 aromatic rings. The molecule has 3 aliphatic heterocycles. The van der Waals surface area contributed by atoms with E-state index in [9.17, 15) is 9.18 Å². The number of carbonyl (C=O) groups excluding carboxylic acids is 1. The molecule has 154 valence electrons. The Hall–Kier alpha value is -1.66. The fourth-order valence-electron chi connectivity index (χ4n) is 6.28. The van der Waals surface area contributed by atoms with Crippen LogP contribution in [0.5, 0.6) is 0 Å². The van der Waals surface area contributed by atoms with Crippen molar-refractivity contribution in [3.63, 3.8) is 0 Å². The number of fused-ring (bicyclic) bond motifs is 5. The Morgan fingerprint density at radius 3 is 2.66 bits per heavy atom. The predicted octanol–water partition coefficient (Wildman–Crippen LogP) is 3.85. The number of aromatic nitrogens is 2. The number of amides is 1. The Morgan fingerprint density at radius 1 is 1.07 bits per heavy atom. The van der Waals surface area contributed by atoms with Crippen LogP contribution in [-0.2, 0) is 0 Å². The molecule has 7 heteroatoms. The molecule has 29 heavy (non-hydrogen) atoms. The van der Waals surface area contributed by atoms with Gasteiger partial charge in [-0.2, -0.15) is 4.39 Å². The van der Waals surface area contributed by atoms with Crippen LogP contribution in [-0.4, -0.2) is 56.8 Å². The number of pyridine rings is 1. The third-order valence-electron chi connectivity index (χ3n) is 7.61. The number of hydrogen-bond acceptors (Lipinski definition) is 3. The van der Waals surface area contributed by atoms with Gasteiger partial charge in [0.2, 0.25) is 5.95 Å². The third-order valence-corrected chi connectivity index (χ3v) is 7.84. The molecule has 1 saturated carbocycles. The lowest BCUT2D eigenvalue weighted by Gasteiger charge is -2.55. The van der Waals surface area contributed by atoms with Crippen molar-refractivity contribution in [3.05, 3.63) is 35.0 Å². The van der Waals surface area contributed by atoms with E-state index in [1.807, 2.05) is 4.90 Å². The Balaban J connectivity index is 1.25. The van der Waals surface area contributed by atoms with Crippen molar-refractivity contribution in [2.45, 2.75) is 50.6 Å². The number of rotatable bonds is 2.